The zero-order valence-corrected chi connectivity index (χ0v) is 12.3. The van der Waals surface area contributed by atoms with Crippen molar-refractivity contribution >= 4 is 17.4 Å². The lowest BCUT2D eigenvalue weighted by atomic mass is 10.1. The highest BCUT2D eigenvalue weighted by Gasteiger charge is 2.05. The summed E-state index contributed by atoms with van der Waals surface area (Å²) >= 11 is 5.85. The van der Waals surface area contributed by atoms with Crippen LogP contribution in [0.3, 0.4) is 0 Å². The number of aromatic nitrogens is 3. The molecule has 0 radical (unpaired) electrons. The Bertz CT molecular complexity index is 793. The first kappa shape index (κ1) is 14.3. The summed E-state index contributed by atoms with van der Waals surface area (Å²) in [5.74, 6) is 0.390. The van der Waals surface area contributed by atoms with Crippen LogP contribution in [0.4, 0.5) is 5.82 Å². The van der Waals surface area contributed by atoms with Gasteiger partial charge in [0.1, 0.15) is 5.82 Å². The molecule has 0 spiro atoms. The molecular formula is C15H13ClN4O2. The molecular weight excluding hydrogens is 304 g/mol. The molecule has 2 N–H and O–H groups in total. The van der Waals surface area contributed by atoms with Gasteiger partial charge in [-0.25, -0.2) is 14.9 Å². The van der Waals surface area contributed by atoms with Crippen LogP contribution in [0.2, 0.25) is 5.02 Å². The second-order valence-electron chi connectivity index (χ2n) is 4.65. The summed E-state index contributed by atoms with van der Waals surface area (Å²) < 4.78 is 4.86. The summed E-state index contributed by atoms with van der Waals surface area (Å²) in [7, 11) is 0. The number of H-pyrrole nitrogens is 1. The number of hydrogen-bond donors (Lipinski definition) is 2. The lowest BCUT2D eigenvalue weighted by molar-refractivity contribution is 0.527. The van der Waals surface area contributed by atoms with Crippen molar-refractivity contribution in [1.29, 1.82) is 0 Å². The lowest BCUT2D eigenvalue weighted by Gasteiger charge is -2.06. The molecule has 0 saturated carbocycles. The third kappa shape index (κ3) is 3.53. The second kappa shape index (κ2) is 6.44. The molecule has 0 aliphatic rings. The van der Waals surface area contributed by atoms with Crippen LogP contribution in [0.25, 0.3) is 11.5 Å². The number of nitrogens with one attached hydrogen (secondary N) is 2. The summed E-state index contributed by atoms with van der Waals surface area (Å²) in [6.07, 6.45) is 2.47. The largest absolute Gasteiger partial charge is 0.434 e. The highest BCUT2D eigenvalue weighted by Crippen LogP contribution is 2.15. The SMILES string of the molecule is O=c1[nH]nc(-c2ccc(NCCc3ccc(Cl)cc3)nc2)o1. The molecule has 0 saturated heterocycles. The Hall–Kier alpha value is -2.60. The maximum atomic E-state index is 10.9. The number of nitrogens with zero attached hydrogens (tertiary/aromatic N) is 2. The van der Waals surface area contributed by atoms with Gasteiger partial charge in [0.2, 0.25) is 0 Å². The zero-order chi connectivity index (χ0) is 15.4. The van der Waals surface area contributed by atoms with Crippen molar-refractivity contribution in [3.05, 3.63) is 63.7 Å². The fourth-order valence-electron chi connectivity index (χ4n) is 1.96. The average molecular weight is 317 g/mol. The maximum Gasteiger partial charge on any atom is 0.434 e. The van der Waals surface area contributed by atoms with Crippen LogP contribution in [0.5, 0.6) is 0 Å². The van der Waals surface area contributed by atoms with Gasteiger partial charge in [0.05, 0.1) is 5.56 Å². The van der Waals surface area contributed by atoms with Crippen LogP contribution in [-0.4, -0.2) is 21.7 Å². The Kier molecular flexibility index (Phi) is 4.20. The van der Waals surface area contributed by atoms with Crippen LogP contribution in [0.1, 0.15) is 5.56 Å². The van der Waals surface area contributed by atoms with E-state index in [2.05, 4.69) is 20.5 Å². The molecule has 0 fully saturated rings. The number of pyridine rings is 1. The molecule has 0 amide bonds. The third-order valence-corrected chi connectivity index (χ3v) is 3.33. The standard InChI is InChI=1S/C15H13ClN4O2/c16-12-4-1-10(2-5-12)7-8-17-13-6-3-11(9-18-13)14-19-20-15(21)22-14/h1-6,9H,7-8H2,(H,17,18)(H,20,21). The molecule has 0 atom stereocenters. The van der Waals surface area contributed by atoms with E-state index in [0.717, 1.165) is 23.8 Å². The van der Waals surface area contributed by atoms with Crippen molar-refractivity contribution < 1.29 is 4.42 Å². The van der Waals surface area contributed by atoms with E-state index >= 15 is 0 Å². The molecule has 2 heterocycles. The summed E-state index contributed by atoms with van der Waals surface area (Å²) in [4.78, 5) is 15.2. The number of rotatable bonds is 5. The molecule has 3 rings (SSSR count). The smallest absolute Gasteiger partial charge is 0.388 e. The van der Waals surface area contributed by atoms with E-state index in [1.54, 1.807) is 12.3 Å². The molecule has 0 aliphatic heterocycles. The molecule has 0 aliphatic carbocycles. The first-order valence-corrected chi connectivity index (χ1v) is 7.09. The van der Waals surface area contributed by atoms with Crippen molar-refractivity contribution in [3.63, 3.8) is 0 Å². The first-order chi connectivity index (χ1) is 10.7. The highest BCUT2D eigenvalue weighted by atomic mass is 35.5. The van der Waals surface area contributed by atoms with Gasteiger partial charge in [0.25, 0.3) is 5.89 Å². The van der Waals surface area contributed by atoms with E-state index < -0.39 is 5.76 Å². The fraction of sp³-hybridized carbons (Fsp3) is 0.133. The van der Waals surface area contributed by atoms with Gasteiger partial charge in [-0.15, -0.1) is 5.10 Å². The van der Waals surface area contributed by atoms with Gasteiger partial charge in [0.15, 0.2) is 0 Å². The van der Waals surface area contributed by atoms with Gasteiger partial charge in [-0.05, 0) is 36.2 Å². The summed E-state index contributed by atoms with van der Waals surface area (Å²) in [5, 5.41) is 9.92. The maximum absolute atomic E-state index is 10.9. The fourth-order valence-corrected chi connectivity index (χ4v) is 2.09. The van der Waals surface area contributed by atoms with E-state index in [1.165, 1.54) is 5.56 Å². The highest BCUT2D eigenvalue weighted by molar-refractivity contribution is 6.30. The van der Waals surface area contributed by atoms with Gasteiger partial charge in [-0.1, -0.05) is 23.7 Å². The van der Waals surface area contributed by atoms with Crippen molar-refractivity contribution in [2.45, 2.75) is 6.42 Å². The van der Waals surface area contributed by atoms with Gasteiger partial charge < -0.3 is 9.73 Å². The van der Waals surface area contributed by atoms with E-state index in [-0.39, 0.29) is 5.89 Å². The first-order valence-electron chi connectivity index (χ1n) is 6.71. The quantitative estimate of drug-likeness (QED) is 0.756. The minimum atomic E-state index is -0.583. The van der Waals surface area contributed by atoms with E-state index in [1.807, 2.05) is 30.3 Å². The van der Waals surface area contributed by atoms with Crippen molar-refractivity contribution in [2.75, 3.05) is 11.9 Å². The van der Waals surface area contributed by atoms with E-state index in [4.69, 9.17) is 16.0 Å². The van der Waals surface area contributed by atoms with Crippen molar-refractivity contribution in [3.8, 4) is 11.5 Å². The van der Waals surface area contributed by atoms with Gasteiger partial charge in [0, 0.05) is 17.8 Å². The number of hydrogen-bond acceptors (Lipinski definition) is 5. The van der Waals surface area contributed by atoms with Crippen LogP contribution in [0, 0.1) is 0 Å². The topological polar surface area (TPSA) is 83.8 Å². The Morgan fingerprint density at radius 2 is 2.00 bits per heavy atom. The molecule has 0 unspecified atom stereocenters. The number of anilines is 1. The third-order valence-electron chi connectivity index (χ3n) is 3.08. The molecule has 0 bridgehead atoms. The predicted molar refractivity (Wildman–Crippen MR) is 84.0 cm³/mol. The minimum Gasteiger partial charge on any atom is -0.388 e. The molecule has 22 heavy (non-hydrogen) atoms. The predicted octanol–water partition coefficient (Wildman–Crippen LogP) is 2.73. The van der Waals surface area contributed by atoms with Crippen LogP contribution in [0.15, 0.2) is 51.8 Å². The monoisotopic (exact) mass is 316 g/mol. The summed E-state index contributed by atoms with van der Waals surface area (Å²) in [5.41, 5.74) is 1.84. The normalized spacial score (nSPS) is 10.6. The lowest BCUT2D eigenvalue weighted by Crippen LogP contribution is -2.06. The molecule has 112 valence electrons. The van der Waals surface area contributed by atoms with Gasteiger partial charge >= 0.3 is 5.76 Å². The Morgan fingerprint density at radius 3 is 2.64 bits per heavy atom. The number of benzene rings is 1. The minimum absolute atomic E-state index is 0.227. The number of aromatic amines is 1. The summed E-state index contributed by atoms with van der Waals surface area (Å²) in [6, 6.07) is 11.4. The van der Waals surface area contributed by atoms with Crippen LogP contribution in [-0.2, 0) is 6.42 Å². The second-order valence-corrected chi connectivity index (χ2v) is 5.09. The van der Waals surface area contributed by atoms with Crippen molar-refractivity contribution in [2.24, 2.45) is 0 Å². The molecule has 3 aromatic rings. The van der Waals surface area contributed by atoms with Crippen molar-refractivity contribution in [1.82, 2.24) is 15.2 Å². The Balaban J connectivity index is 1.57. The van der Waals surface area contributed by atoms with E-state index in [0.29, 0.717) is 5.56 Å². The van der Waals surface area contributed by atoms with Gasteiger partial charge in [-0.2, -0.15) is 0 Å². The molecule has 1 aromatic carbocycles. The zero-order valence-electron chi connectivity index (χ0n) is 11.5. The number of halogens is 1. The molecule has 7 heteroatoms. The Labute approximate surface area is 131 Å². The van der Waals surface area contributed by atoms with E-state index in [9.17, 15) is 4.79 Å². The van der Waals surface area contributed by atoms with Crippen LogP contribution < -0.4 is 11.1 Å². The summed E-state index contributed by atoms with van der Waals surface area (Å²) in [6.45, 7) is 0.755. The molecule has 2 aromatic heterocycles. The van der Waals surface area contributed by atoms with Crippen LogP contribution >= 0.6 is 11.6 Å². The molecule has 6 nitrogen and oxygen atoms in total. The Morgan fingerprint density at radius 1 is 1.18 bits per heavy atom. The van der Waals surface area contributed by atoms with Gasteiger partial charge in [-0.3, -0.25) is 0 Å². The average Bonchev–Trinajstić information content (AvgIpc) is 2.97.